The normalized spacial score (nSPS) is 10.7. The summed E-state index contributed by atoms with van der Waals surface area (Å²) in [5.74, 6) is 0.218. The first-order chi connectivity index (χ1) is 15.5. The molecule has 0 aliphatic carbocycles. The fourth-order valence-corrected chi connectivity index (χ4v) is 3.73. The Hall–Kier alpha value is -3.78. The number of anilines is 1. The zero-order valence-corrected chi connectivity index (χ0v) is 18.0. The monoisotopic (exact) mass is 449 g/mol. The van der Waals surface area contributed by atoms with Crippen LogP contribution in [0.3, 0.4) is 0 Å². The zero-order chi connectivity index (χ0) is 22.5. The van der Waals surface area contributed by atoms with Crippen molar-refractivity contribution < 1.29 is 18.4 Å². The molecule has 0 radical (unpaired) electrons. The number of halogens is 1. The molecule has 0 saturated carbocycles. The van der Waals surface area contributed by atoms with E-state index in [0.29, 0.717) is 35.1 Å². The van der Waals surface area contributed by atoms with Gasteiger partial charge in [-0.15, -0.1) is 11.3 Å². The lowest BCUT2D eigenvalue weighted by molar-refractivity contribution is -0.120. The Morgan fingerprint density at radius 3 is 2.66 bits per heavy atom. The van der Waals surface area contributed by atoms with E-state index in [2.05, 4.69) is 15.6 Å². The largest absolute Gasteiger partial charge is 0.440 e. The van der Waals surface area contributed by atoms with E-state index < -0.39 is 5.82 Å². The lowest BCUT2D eigenvalue weighted by Gasteiger charge is -2.09. The summed E-state index contributed by atoms with van der Waals surface area (Å²) in [6.07, 6.45) is 0.113. The maximum absolute atomic E-state index is 13.0. The summed E-state index contributed by atoms with van der Waals surface area (Å²) in [5, 5.41) is 7.58. The van der Waals surface area contributed by atoms with E-state index in [1.807, 2.05) is 23.6 Å². The van der Waals surface area contributed by atoms with Crippen molar-refractivity contribution in [2.45, 2.75) is 19.9 Å². The summed E-state index contributed by atoms with van der Waals surface area (Å²) in [7, 11) is 0. The number of nitrogens with zero attached hydrogens (tertiary/aromatic N) is 1. The van der Waals surface area contributed by atoms with Crippen LogP contribution in [0.5, 0.6) is 0 Å². The van der Waals surface area contributed by atoms with E-state index in [0.717, 1.165) is 10.4 Å². The average Bonchev–Trinajstić information content (AvgIpc) is 3.43. The summed E-state index contributed by atoms with van der Waals surface area (Å²) in [4.78, 5) is 30.1. The topological polar surface area (TPSA) is 84.2 Å². The summed E-state index contributed by atoms with van der Waals surface area (Å²) in [6.45, 7) is 2.09. The van der Waals surface area contributed by atoms with Crippen LogP contribution in [0.4, 0.5) is 10.1 Å². The highest BCUT2D eigenvalue weighted by Crippen LogP contribution is 2.26. The van der Waals surface area contributed by atoms with Crippen LogP contribution in [0.25, 0.3) is 10.8 Å². The molecule has 2 aromatic carbocycles. The third kappa shape index (κ3) is 5.28. The van der Waals surface area contributed by atoms with Crippen molar-refractivity contribution >= 4 is 28.8 Å². The maximum atomic E-state index is 13.0. The predicted octanol–water partition coefficient (Wildman–Crippen LogP) is 4.96. The highest BCUT2D eigenvalue weighted by molar-refractivity contribution is 7.13. The van der Waals surface area contributed by atoms with Crippen LogP contribution in [-0.4, -0.2) is 16.8 Å². The number of carbonyl (C=O) groups is 2. The minimum atomic E-state index is -0.400. The first-order valence-electron chi connectivity index (χ1n) is 9.90. The predicted molar refractivity (Wildman–Crippen MR) is 121 cm³/mol. The number of benzene rings is 2. The Morgan fingerprint density at radius 2 is 1.91 bits per heavy atom. The van der Waals surface area contributed by atoms with Crippen LogP contribution >= 0.6 is 11.3 Å². The second kappa shape index (κ2) is 9.57. The fourth-order valence-electron chi connectivity index (χ4n) is 3.08. The molecule has 6 nitrogen and oxygen atoms in total. The van der Waals surface area contributed by atoms with Gasteiger partial charge < -0.3 is 15.1 Å². The van der Waals surface area contributed by atoms with Crippen molar-refractivity contribution in [3.05, 3.63) is 94.4 Å². The van der Waals surface area contributed by atoms with E-state index in [1.165, 1.54) is 35.6 Å². The number of oxazole rings is 1. The lowest BCUT2D eigenvalue weighted by Crippen LogP contribution is -2.25. The summed E-state index contributed by atoms with van der Waals surface area (Å²) < 4.78 is 18.7. The highest BCUT2D eigenvalue weighted by Gasteiger charge is 2.15. The Labute approximate surface area is 188 Å². The van der Waals surface area contributed by atoms with Crippen LogP contribution in [0.1, 0.15) is 27.4 Å². The summed E-state index contributed by atoms with van der Waals surface area (Å²) >= 11 is 1.53. The van der Waals surface area contributed by atoms with E-state index in [-0.39, 0.29) is 18.2 Å². The minimum absolute atomic E-state index is 0.113. The molecule has 0 aliphatic rings. The van der Waals surface area contributed by atoms with Gasteiger partial charge in [-0.1, -0.05) is 18.2 Å². The second-order valence-corrected chi connectivity index (χ2v) is 8.06. The number of thiophene rings is 1. The molecular formula is C24H20FN3O3S. The molecule has 32 heavy (non-hydrogen) atoms. The van der Waals surface area contributed by atoms with Gasteiger partial charge in [0, 0.05) is 17.8 Å². The first kappa shape index (κ1) is 21.5. The standard InChI is InChI=1S/C24H20FN3O3S/c1-15-20(28-24(31-15)21-6-3-11-32-21)13-22(29)26-14-16-4-2-5-19(12-16)27-23(30)17-7-9-18(25)10-8-17/h2-12H,13-14H2,1H3,(H,26,29)(H,27,30). The molecule has 0 spiro atoms. The molecule has 0 unspecified atom stereocenters. The highest BCUT2D eigenvalue weighted by atomic mass is 32.1. The fraction of sp³-hybridized carbons (Fsp3) is 0.125. The van der Waals surface area contributed by atoms with Crippen LogP contribution in [0, 0.1) is 12.7 Å². The Bertz CT molecular complexity index is 1230. The van der Waals surface area contributed by atoms with Gasteiger partial charge in [-0.25, -0.2) is 9.37 Å². The number of rotatable bonds is 7. The van der Waals surface area contributed by atoms with E-state index in [9.17, 15) is 14.0 Å². The Balaban J connectivity index is 1.33. The molecule has 2 aromatic heterocycles. The third-order valence-electron chi connectivity index (χ3n) is 4.73. The first-order valence-corrected chi connectivity index (χ1v) is 10.8. The van der Waals surface area contributed by atoms with Gasteiger partial charge in [0.25, 0.3) is 5.91 Å². The van der Waals surface area contributed by atoms with Gasteiger partial charge in [-0.3, -0.25) is 9.59 Å². The van der Waals surface area contributed by atoms with Crippen molar-refractivity contribution in [1.29, 1.82) is 0 Å². The van der Waals surface area contributed by atoms with Crippen LogP contribution in [0.2, 0.25) is 0 Å². The minimum Gasteiger partial charge on any atom is -0.440 e. The van der Waals surface area contributed by atoms with Crippen molar-refractivity contribution in [3.63, 3.8) is 0 Å². The van der Waals surface area contributed by atoms with Gasteiger partial charge >= 0.3 is 0 Å². The second-order valence-electron chi connectivity index (χ2n) is 7.11. The quantitative estimate of drug-likeness (QED) is 0.418. The van der Waals surface area contributed by atoms with Gasteiger partial charge in [0.05, 0.1) is 17.0 Å². The molecule has 2 amide bonds. The molecule has 8 heteroatoms. The maximum Gasteiger partial charge on any atom is 0.255 e. The molecule has 2 heterocycles. The van der Waals surface area contributed by atoms with Crippen molar-refractivity contribution in [1.82, 2.24) is 10.3 Å². The number of hydrogen-bond acceptors (Lipinski definition) is 5. The number of hydrogen-bond donors (Lipinski definition) is 2. The van der Waals surface area contributed by atoms with E-state index >= 15 is 0 Å². The summed E-state index contributed by atoms with van der Waals surface area (Å²) in [5.41, 5.74) is 2.37. The molecular weight excluding hydrogens is 429 g/mol. The van der Waals surface area contributed by atoms with Gasteiger partial charge in [0.1, 0.15) is 11.6 Å². The van der Waals surface area contributed by atoms with Crippen LogP contribution in [-0.2, 0) is 17.8 Å². The molecule has 0 aliphatic heterocycles. The van der Waals surface area contributed by atoms with Gasteiger partial charge in [0.2, 0.25) is 11.8 Å². The number of aryl methyl sites for hydroxylation is 1. The van der Waals surface area contributed by atoms with Crippen molar-refractivity contribution in [2.75, 3.05) is 5.32 Å². The molecule has 0 bridgehead atoms. The number of amides is 2. The molecule has 2 N–H and O–H groups in total. The molecule has 4 aromatic rings. The van der Waals surface area contributed by atoms with Gasteiger partial charge in [-0.2, -0.15) is 0 Å². The molecule has 0 fully saturated rings. The van der Waals surface area contributed by atoms with Gasteiger partial charge in [0.15, 0.2) is 0 Å². The zero-order valence-electron chi connectivity index (χ0n) is 17.2. The van der Waals surface area contributed by atoms with E-state index in [4.69, 9.17) is 4.42 Å². The molecule has 4 rings (SSSR count). The summed E-state index contributed by atoms with van der Waals surface area (Å²) in [6, 6.07) is 16.3. The van der Waals surface area contributed by atoms with Crippen LogP contribution in [0.15, 0.2) is 70.5 Å². The average molecular weight is 450 g/mol. The van der Waals surface area contributed by atoms with Gasteiger partial charge in [-0.05, 0) is 60.3 Å². The lowest BCUT2D eigenvalue weighted by atomic mass is 10.1. The molecule has 0 saturated heterocycles. The van der Waals surface area contributed by atoms with Crippen molar-refractivity contribution in [3.8, 4) is 10.8 Å². The number of aromatic nitrogens is 1. The number of nitrogens with one attached hydrogen (secondary N) is 2. The van der Waals surface area contributed by atoms with Crippen molar-refractivity contribution in [2.24, 2.45) is 0 Å². The van der Waals surface area contributed by atoms with E-state index in [1.54, 1.807) is 25.1 Å². The smallest absolute Gasteiger partial charge is 0.255 e. The number of carbonyl (C=O) groups excluding carboxylic acids is 2. The Morgan fingerprint density at radius 1 is 1.09 bits per heavy atom. The molecule has 162 valence electrons. The SMILES string of the molecule is Cc1oc(-c2cccs2)nc1CC(=O)NCc1cccc(NC(=O)c2ccc(F)cc2)c1. The Kier molecular flexibility index (Phi) is 6.42. The van der Waals surface area contributed by atoms with Crippen LogP contribution < -0.4 is 10.6 Å². The third-order valence-corrected chi connectivity index (χ3v) is 5.59. The molecule has 0 atom stereocenters.